The van der Waals surface area contributed by atoms with E-state index in [-0.39, 0.29) is 5.60 Å². The van der Waals surface area contributed by atoms with E-state index in [2.05, 4.69) is 12.2 Å². The zero-order valence-corrected chi connectivity index (χ0v) is 9.97. The maximum Gasteiger partial charge on any atom is 0.0771 e. The van der Waals surface area contributed by atoms with E-state index in [9.17, 15) is 5.11 Å². The van der Waals surface area contributed by atoms with Gasteiger partial charge in [-0.05, 0) is 38.0 Å². The maximum atomic E-state index is 10.4. The van der Waals surface area contributed by atoms with Crippen LogP contribution in [-0.2, 0) is 0 Å². The quantitative estimate of drug-likeness (QED) is 0.732. The Balaban J connectivity index is 1.74. The molecule has 0 radical (unpaired) electrons. The molecule has 2 rings (SSSR count). The first-order valence-corrected chi connectivity index (χ1v) is 6.69. The SMILES string of the molecule is CCC(NCC1(O)CCCCC1)C1CC1. The van der Waals surface area contributed by atoms with Crippen molar-refractivity contribution >= 4 is 0 Å². The predicted molar refractivity (Wildman–Crippen MR) is 62.8 cm³/mol. The van der Waals surface area contributed by atoms with Crippen LogP contribution < -0.4 is 5.32 Å². The summed E-state index contributed by atoms with van der Waals surface area (Å²) >= 11 is 0. The van der Waals surface area contributed by atoms with E-state index in [4.69, 9.17) is 0 Å². The molecule has 2 nitrogen and oxygen atoms in total. The minimum Gasteiger partial charge on any atom is -0.389 e. The second-order valence-corrected chi connectivity index (χ2v) is 5.52. The largest absolute Gasteiger partial charge is 0.389 e. The summed E-state index contributed by atoms with van der Waals surface area (Å²) in [7, 11) is 0. The Labute approximate surface area is 93.5 Å². The molecule has 2 aliphatic carbocycles. The molecule has 0 aromatic carbocycles. The normalized spacial score (nSPS) is 27.6. The van der Waals surface area contributed by atoms with Crippen LogP contribution in [0.2, 0.25) is 0 Å². The molecule has 1 atom stereocenters. The Kier molecular flexibility index (Phi) is 3.68. The molecule has 0 aliphatic heterocycles. The highest BCUT2D eigenvalue weighted by atomic mass is 16.3. The number of hydrogen-bond acceptors (Lipinski definition) is 2. The molecule has 0 aromatic rings. The molecule has 1 unspecified atom stereocenters. The smallest absolute Gasteiger partial charge is 0.0771 e. The minimum atomic E-state index is -0.388. The van der Waals surface area contributed by atoms with Crippen molar-refractivity contribution in [3.63, 3.8) is 0 Å². The third-order valence-electron chi connectivity index (χ3n) is 4.11. The zero-order valence-electron chi connectivity index (χ0n) is 9.97. The lowest BCUT2D eigenvalue weighted by molar-refractivity contribution is 0.00198. The monoisotopic (exact) mass is 211 g/mol. The van der Waals surface area contributed by atoms with E-state index >= 15 is 0 Å². The fourth-order valence-electron chi connectivity index (χ4n) is 2.85. The molecule has 2 fully saturated rings. The van der Waals surface area contributed by atoms with E-state index in [0.717, 1.165) is 25.3 Å². The molecule has 15 heavy (non-hydrogen) atoms. The minimum absolute atomic E-state index is 0.388. The molecule has 88 valence electrons. The van der Waals surface area contributed by atoms with E-state index < -0.39 is 0 Å². The average molecular weight is 211 g/mol. The summed E-state index contributed by atoms with van der Waals surface area (Å²) in [5, 5.41) is 13.9. The number of aliphatic hydroxyl groups is 1. The molecule has 0 heterocycles. The van der Waals surface area contributed by atoms with Gasteiger partial charge in [0.15, 0.2) is 0 Å². The van der Waals surface area contributed by atoms with Gasteiger partial charge in [0, 0.05) is 12.6 Å². The van der Waals surface area contributed by atoms with Crippen molar-refractivity contribution in [1.82, 2.24) is 5.32 Å². The summed E-state index contributed by atoms with van der Waals surface area (Å²) in [6.07, 6.45) is 9.72. The van der Waals surface area contributed by atoms with E-state index in [1.54, 1.807) is 0 Å². The van der Waals surface area contributed by atoms with Gasteiger partial charge in [0.05, 0.1) is 5.60 Å². The fraction of sp³-hybridized carbons (Fsp3) is 1.00. The van der Waals surface area contributed by atoms with Crippen molar-refractivity contribution in [1.29, 1.82) is 0 Å². The summed E-state index contributed by atoms with van der Waals surface area (Å²) in [5.74, 6) is 0.905. The second-order valence-electron chi connectivity index (χ2n) is 5.52. The van der Waals surface area contributed by atoms with Gasteiger partial charge in [-0.2, -0.15) is 0 Å². The van der Waals surface area contributed by atoms with Crippen LogP contribution in [0.5, 0.6) is 0 Å². The molecule has 2 saturated carbocycles. The molecule has 2 N–H and O–H groups in total. The predicted octanol–water partition coefficient (Wildman–Crippen LogP) is 2.46. The van der Waals surface area contributed by atoms with Crippen molar-refractivity contribution in [3.8, 4) is 0 Å². The summed E-state index contributed by atoms with van der Waals surface area (Å²) in [6, 6.07) is 0.663. The van der Waals surface area contributed by atoms with Crippen LogP contribution in [0.25, 0.3) is 0 Å². The van der Waals surface area contributed by atoms with E-state index in [1.807, 2.05) is 0 Å². The van der Waals surface area contributed by atoms with Gasteiger partial charge in [-0.3, -0.25) is 0 Å². The van der Waals surface area contributed by atoms with Gasteiger partial charge < -0.3 is 10.4 Å². The highest BCUT2D eigenvalue weighted by Crippen LogP contribution is 2.34. The number of nitrogens with one attached hydrogen (secondary N) is 1. The van der Waals surface area contributed by atoms with Crippen LogP contribution in [0.4, 0.5) is 0 Å². The molecular formula is C13H25NO. The van der Waals surface area contributed by atoms with Crippen molar-refractivity contribution in [2.45, 2.75) is 69.9 Å². The van der Waals surface area contributed by atoms with E-state index in [1.165, 1.54) is 38.5 Å². The molecule has 2 aliphatic rings. The number of rotatable bonds is 5. The number of hydrogen-bond donors (Lipinski definition) is 2. The first-order chi connectivity index (χ1) is 7.23. The van der Waals surface area contributed by atoms with Crippen LogP contribution in [0.3, 0.4) is 0 Å². The Morgan fingerprint density at radius 3 is 2.47 bits per heavy atom. The third-order valence-corrected chi connectivity index (χ3v) is 4.11. The van der Waals surface area contributed by atoms with Gasteiger partial charge in [-0.15, -0.1) is 0 Å². The van der Waals surface area contributed by atoms with Crippen LogP contribution in [0.1, 0.15) is 58.3 Å². The van der Waals surface area contributed by atoms with Crippen LogP contribution in [-0.4, -0.2) is 23.3 Å². The molecule has 0 saturated heterocycles. The molecular weight excluding hydrogens is 186 g/mol. The Morgan fingerprint density at radius 2 is 1.93 bits per heavy atom. The van der Waals surface area contributed by atoms with Crippen molar-refractivity contribution in [2.75, 3.05) is 6.54 Å². The molecule has 0 amide bonds. The average Bonchev–Trinajstić information content (AvgIpc) is 3.04. The van der Waals surface area contributed by atoms with Crippen LogP contribution in [0.15, 0.2) is 0 Å². The maximum absolute atomic E-state index is 10.4. The van der Waals surface area contributed by atoms with Gasteiger partial charge in [-0.1, -0.05) is 26.2 Å². The van der Waals surface area contributed by atoms with Gasteiger partial charge in [0.1, 0.15) is 0 Å². The summed E-state index contributed by atoms with van der Waals surface area (Å²) < 4.78 is 0. The lowest BCUT2D eigenvalue weighted by Gasteiger charge is -2.33. The third kappa shape index (κ3) is 3.18. The van der Waals surface area contributed by atoms with Gasteiger partial charge in [0.2, 0.25) is 0 Å². The highest BCUT2D eigenvalue weighted by molar-refractivity contribution is 4.90. The topological polar surface area (TPSA) is 32.3 Å². The zero-order chi connectivity index (χ0) is 10.7. The Morgan fingerprint density at radius 1 is 1.27 bits per heavy atom. The molecule has 0 bridgehead atoms. The molecule has 0 aromatic heterocycles. The van der Waals surface area contributed by atoms with Crippen molar-refractivity contribution in [2.24, 2.45) is 5.92 Å². The van der Waals surface area contributed by atoms with Gasteiger partial charge >= 0.3 is 0 Å². The van der Waals surface area contributed by atoms with Crippen molar-refractivity contribution < 1.29 is 5.11 Å². The summed E-state index contributed by atoms with van der Waals surface area (Å²) in [5.41, 5.74) is -0.388. The summed E-state index contributed by atoms with van der Waals surface area (Å²) in [4.78, 5) is 0. The fourth-order valence-corrected chi connectivity index (χ4v) is 2.85. The molecule has 2 heteroatoms. The first kappa shape index (κ1) is 11.4. The standard InChI is InChI=1S/C13H25NO/c1-2-12(11-6-7-11)14-10-13(15)8-4-3-5-9-13/h11-12,14-15H,2-10H2,1H3. The Hall–Kier alpha value is -0.0800. The van der Waals surface area contributed by atoms with Crippen molar-refractivity contribution in [3.05, 3.63) is 0 Å². The Bertz CT molecular complexity index is 195. The lowest BCUT2D eigenvalue weighted by atomic mass is 9.84. The lowest BCUT2D eigenvalue weighted by Crippen LogP contribution is -2.46. The van der Waals surface area contributed by atoms with E-state index in [0.29, 0.717) is 6.04 Å². The molecule has 0 spiro atoms. The van der Waals surface area contributed by atoms with Gasteiger partial charge in [0.25, 0.3) is 0 Å². The summed E-state index contributed by atoms with van der Waals surface area (Å²) in [6.45, 7) is 3.07. The van der Waals surface area contributed by atoms with Gasteiger partial charge in [-0.25, -0.2) is 0 Å². The highest BCUT2D eigenvalue weighted by Gasteiger charge is 2.33. The first-order valence-electron chi connectivity index (χ1n) is 6.69. The van der Waals surface area contributed by atoms with Crippen LogP contribution >= 0.6 is 0 Å². The second kappa shape index (κ2) is 4.84. The van der Waals surface area contributed by atoms with Crippen LogP contribution in [0, 0.1) is 5.92 Å².